The Bertz CT molecular complexity index is 239. The molecule has 0 bridgehead atoms. The Morgan fingerprint density at radius 3 is 1.75 bits per heavy atom. The molecule has 2 heterocycles. The molecule has 0 aromatic rings. The zero-order chi connectivity index (χ0) is 11.2. The molecule has 2 rings (SSSR count). The first-order valence-corrected chi connectivity index (χ1v) is 6.17. The van der Waals surface area contributed by atoms with Gasteiger partial charge in [-0.25, -0.2) is 0 Å². The third-order valence-corrected chi connectivity index (χ3v) is 3.19. The summed E-state index contributed by atoms with van der Waals surface area (Å²) in [6.07, 6.45) is 2.25. The molecule has 0 spiro atoms. The molecule has 2 fully saturated rings. The van der Waals surface area contributed by atoms with E-state index in [-0.39, 0.29) is 6.17 Å². The summed E-state index contributed by atoms with van der Waals surface area (Å²) >= 11 is 4.85. The van der Waals surface area contributed by atoms with Gasteiger partial charge in [0, 0.05) is 32.3 Å². The summed E-state index contributed by atoms with van der Waals surface area (Å²) in [7, 11) is 0. The number of morpholine rings is 2. The average molecular weight is 242 g/mol. The molecule has 2 saturated heterocycles. The summed E-state index contributed by atoms with van der Waals surface area (Å²) in [5, 5.41) is 2.76. The van der Waals surface area contributed by atoms with Crippen LogP contribution in [0.2, 0.25) is 0 Å². The Morgan fingerprint density at radius 1 is 0.938 bits per heavy atom. The number of hydrogen-bond acceptors (Lipinski definition) is 5. The van der Waals surface area contributed by atoms with E-state index in [4.69, 9.17) is 21.7 Å². The molecule has 0 radical (unpaired) electrons. The van der Waals surface area contributed by atoms with Crippen molar-refractivity contribution in [3.63, 3.8) is 0 Å². The van der Waals surface area contributed by atoms with Crippen LogP contribution in [-0.2, 0) is 9.47 Å². The second-order valence-corrected chi connectivity index (χ2v) is 4.23. The molecule has 0 saturated carbocycles. The minimum absolute atomic E-state index is 0.269. The SMILES string of the molecule is S=C=CC(N1CCOCC1)N1CCOCC1. The molecule has 2 aliphatic heterocycles. The lowest BCUT2D eigenvalue weighted by Gasteiger charge is -2.40. The first-order valence-electron chi connectivity index (χ1n) is 5.76. The van der Waals surface area contributed by atoms with Crippen LogP contribution in [0.25, 0.3) is 0 Å². The van der Waals surface area contributed by atoms with Crippen LogP contribution in [0.4, 0.5) is 0 Å². The molecular formula is C11H18N2O2S. The summed E-state index contributed by atoms with van der Waals surface area (Å²) in [5.41, 5.74) is 0. The Morgan fingerprint density at radius 2 is 1.38 bits per heavy atom. The Labute approximate surface area is 102 Å². The van der Waals surface area contributed by atoms with Crippen LogP contribution < -0.4 is 0 Å². The number of hydrogen-bond donors (Lipinski definition) is 0. The predicted molar refractivity (Wildman–Crippen MR) is 65.7 cm³/mol. The maximum Gasteiger partial charge on any atom is 0.0902 e. The van der Waals surface area contributed by atoms with Crippen LogP contribution >= 0.6 is 12.2 Å². The minimum atomic E-state index is 0.269. The van der Waals surface area contributed by atoms with Crippen LogP contribution in [-0.4, -0.2) is 73.6 Å². The van der Waals surface area contributed by atoms with E-state index in [1.165, 1.54) is 0 Å². The van der Waals surface area contributed by atoms with Gasteiger partial charge in [-0.2, -0.15) is 0 Å². The fourth-order valence-electron chi connectivity index (χ4n) is 2.19. The van der Waals surface area contributed by atoms with Crippen molar-refractivity contribution in [3.05, 3.63) is 6.08 Å². The van der Waals surface area contributed by atoms with Crippen molar-refractivity contribution in [2.24, 2.45) is 0 Å². The van der Waals surface area contributed by atoms with Gasteiger partial charge in [0.2, 0.25) is 0 Å². The Hall–Kier alpha value is -0.290. The van der Waals surface area contributed by atoms with E-state index in [1.54, 1.807) is 0 Å². The number of ether oxygens (including phenoxy) is 2. The third-order valence-electron chi connectivity index (χ3n) is 3.06. The van der Waals surface area contributed by atoms with Gasteiger partial charge in [-0.15, -0.1) is 0 Å². The smallest absolute Gasteiger partial charge is 0.0902 e. The summed E-state index contributed by atoms with van der Waals surface area (Å²) < 4.78 is 10.7. The second-order valence-electron chi connectivity index (χ2n) is 3.99. The predicted octanol–water partition coefficient (Wildman–Crippen LogP) is 0.132. The van der Waals surface area contributed by atoms with E-state index in [0.717, 1.165) is 52.6 Å². The van der Waals surface area contributed by atoms with Crippen molar-refractivity contribution in [1.29, 1.82) is 0 Å². The van der Waals surface area contributed by atoms with Crippen LogP contribution in [0.15, 0.2) is 6.08 Å². The van der Waals surface area contributed by atoms with Gasteiger partial charge in [0.25, 0.3) is 0 Å². The van der Waals surface area contributed by atoms with Gasteiger partial charge in [-0.05, 0) is 17.2 Å². The molecule has 5 heteroatoms. The van der Waals surface area contributed by atoms with Crippen LogP contribution in [0.5, 0.6) is 0 Å². The molecule has 0 aromatic carbocycles. The Balaban J connectivity index is 1.99. The third kappa shape index (κ3) is 3.10. The first kappa shape index (κ1) is 12.2. The fraction of sp³-hybridized carbons (Fsp3) is 0.818. The molecule has 0 aromatic heterocycles. The van der Waals surface area contributed by atoms with Crippen molar-refractivity contribution in [3.8, 4) is 0 Å². The van der Waals surface area contributed by atoms with Gasteiger partial charge in [0.1, 0.15) is 0 Å². The molecular weight excluding hydrogens is 224 g/mol. The summed E-state index contributed by atoms with van der Waals surface area (Å²) in [6, 6.07) is 0. The fourth-order valence-corrected chi connectivity index (χ4v) is 2.31. The van der Waals surface area contributed by atoms with Crippen molar-refractivity contribution in [2.45, 2.75) is 6.17 Å². The maximum atomic E-state index is 5.37. The molecule has 0 N–H and O–H groups in total. The molecule has 0 aliphatic carbocycles. The normalized spacial score (nSPS) is 24.3. The molecule has 2 aliphatic rings. The van der Waals surface area contributed by atoms with Gasteiger partial charge >= 0.3 is 0 Å². The van der Waals surface area contributed by atoms with Crippen molar-refractivity contribution in [1.82, 2.24) is 9.80 Å². The van der Waals surface area contributed by atoms with Gasteiger partial charge in [-0.1, -0.05) is 0 Å². The van der Waals surface area contributed by atoms with Gasteiger partial charge in [0.05, 0.1) is 32.6 Å². The lowest BCUT2D eigenvalue weighted by atomic mass is 10.3. The summed E-state index contributed by atoms with van der Waals surface area (Å²) in [5.74, 6) is 0. The largest absolute Gasteiger partial charge is 0.379 e. The average Bonchev–Trinajstić information content (AvgIpc) is 2.38. The summed E-state index contributed by atoms with van der Waals surface area (Å²) in [6.45, 7) is 7.12. The molecule has 0 atom stereocenters. The molecule has 0 amide bonds. The highest BCUT2D eigenvalue weighted by molar-refractivity contribution is 7.78. The van der Waals surface area contributed by atoms with Crippen molar-refractivity contribution < 1.29 is 9.47 Å². The van der Waals surface area contributed by atoms with Crippen LogP contribution in [0, 0.1) is 0 Å². The topological polar surface area (TPSA) is 24.9 Å². The van der Waals surface area contributed by atoms with E-state index in [2.05, 4.69) is 14.8 Å². The first-order chi connectivity index (χ1) is 7.92. The highest BCUT2D eigenvalue weighted by Gasteiger charge is 2.25. The quantitative estimate of drug-likeness (QED) is 0.655. The second kappa shape index (κ2) is 6.45. The molecule has 0 unspecified atom stereocenters. The molecule has 16 heavy (non-hydrogen) atoms. The van der Waals surface area contributed by atoms with Crippen LogP contribution in [0.3, 0.4) is 0 Å². The summed E-state index contributed by atoms with van der Waals surface area (Å²) in [4.78, 5) is 4.79. The van der Waals surface area contributed by atoms with E-state index in [0.29, 0.717) is 0 Å². The van der Waals surface area contributed by atoms with E-state index in [9.17, 15) is 0 Å². The zero-order valence-corrected chi connectivity index (χ0v) is 10.2. The maximum absolute atomic E-state index is 5.37. The van der Waals surface area contributed by atoms with Gasteiger partial charge < -0.3 is 9.47 Å². The number of rotatable bonds is 3. The van der Waals surface area contributed by atoms with Crippen LogP contribution in [0.1, 0.15) is 0 Å². The van der Waals surface area contributed by atoms with Crippen molar-refractivity contribution in [2.75, 3.05) is 52.6 Å². The molecule has 90 valence electrons. The Kier molecular flexibility index (Phi) is 4.91. The number of thiocarbonyl (C=S) groups is 1. The standard InChI is InChI=1S/C11H18N2O2S/c16-10-1-11(12-2-6-14-7-3-12)13-4-8-15-9-5-13/h1,11H,2-9H2. The highest BCUT2D eigenvalue weighted by Crippen LogP contribution is 2.11. The van der Waals surface area contributed by atoms with E-state index in [1.807, 2.05) is 6.08 Å². The van der Waals surface area contributed by atoms with Gasteiger partial charge in [0.15, 0.2) is 0 Å². The lowest BCUT2D eigenvalue weighted by Crippen LogP contribution is -2.54. The lowest BCUT2D eigenvalue weighted by molar-refractivity contribution is -0.0486. The number of nitrogens with zero attached hydrogens (tertiary/aromatic N) is 2. The minimum Gasteiger partial charge on any atom is -0.379 e. The van der Waals surface area contributed by atoms with E-state index >= 15 is 0 Å². The molecule has 4 nitrogen and oxygen atoms in total. The van der Waals surface area contributed by atoms with E-state index < -0.39 is 0 Å². The highest BCUT2D eigenvalue weighted by atomic mass is 32.1. The zero-order valence-electron chi connectivity index (χ0n) is 9.43. The van der Waals surface area contributed by atoms with Gasteiger partial charge in [-0.3, -0.25) is 9.80 Å². The monoisotopic (exact) mass is 242 g/mol. The van der Waals surface area contributed by atoms with Crippen molar-refractivity contribution >= 4 is 17.2 Å².